The van der Waals surface area contributed by atoms with E-state index < -0.39 is 0 Å². The standard InChI is InChI=1S/C18H20N4O3/c1-11-7-13(17(25-4)14(8-11)24-3)18-19-5-6-22(18)10-15-20-12(2)9-16(23)21-15/h5-9H,10H2,1-4H3,(H,20,21,23). The van der Waals surface area contributed by atoms with E-state index in [2.05, 4.69) is 15.0 Å². The van der Waals surface area contributed by atoms with Crippen LogP contribution in [0.2, 0.25) is 0 Å². The van der Waals surface area contributed by atoms with Gasteiger partial charge in [0.15, 0.2) is 11.5 Å². The fraction of sp³-hybridized carbons (Fsp3) is 0.278. The van der Waals surface area contributed by atoms with Crippen LogP contribution in [0.3, 0.4) is 0 Å². The predicted octanol–water partition coefficient (Wildman–Crippen LogP) is 2.32. The molecule has 0 bridgehead atoms. The quantitative estimate of drug-likeness (QED) is 0.771. The summed E-state index contributed by atoms with van der Waals surface area (Å²) in [7, 11) is 3.21. The molecule has 0 aliphatic rings. The van der Waals surface area contributed by atoms with Crippen LogP contribution in [0.15, 0.2) is 35.4 Å². The highest BCUT2D eigenvalue weighted by Gasteiger charge is 2.17. The maximum atomic E-state index is 11.7. The zero-order valence-electron chi connectivity index (χ0n) is 14.7. The van der Waals surface area contributed by atoms with Crippen LogP contribution in [0.1, 0.15) is 17.1 Å². The number of H-pyrrole nitrogens is 1. The van der Waals surface area contributed by atoms with E-state index in [-0.39, 0.29) is 5.56 Å². The molecule has 3 rings (SSSR count). The molecule has 0 aliphatic heterocycles. The highest BCUT2D eigenvalue weighted by molar-refractivity contribution is 5.70. The largest absolute Gasteiger partial charge is 0.493 e. The van der Waals surface area contributed by atoms with Crippen LogP contribution >= 0.6 is 0 Å². The number of imidazole rings is 1. The average Bonchev–Trinajstić information content (AvgIpc) is 3.00. The fourth-order valence-corrected chi connectivity index (χ4v) is 2.83. The number of methoxy groups -OCH3 is 2. The predicted molar refractivity (Wildman–Crippen MR) is 94.2 cm³/mol. The molecular weight excluding hydrogens is 320 g/mol. The van der Waals surface area contributed by atoms with Crippen molar-refractivity contribution < 1.29 is 9.47 Å². The van der Waals surface area contributed by atoms with Crippen LogP contribution in [-0.2, 0) is 6.54 Å². The number of aromatic nitrogens is 4. The summed E-state index contributed by atoms with van der Waals surface area (Å²) in [6.07, 6.45) is 3.55. The molecule has 7 heteroatoms. The Labute approximate surface area is 145 Å². The molecule has 0 radical (unpaired) electrons. The monoisotopic (exact) mass is 340 g/mol. The minimum atomic E-state index is -0.168. The molecule has 1 N–H and O–H groups in total. The zero-order valence-corrected chi connectivity index (χ0v) is 14.7. The number of nitrogens with one attached hydrogen (secondary N) is 1. The first kappa shape index (κ1) is 16.8. The smallest absolute Gasteiger partial charge is 0.251 e. The molecule has 1 aromatic carbocycles. The van der Waals surface area contributed by atoms with Gasteiger partial charge in [-0.25, -0.2) is 9.97 Å². The van der Waals surface area contributed by atoms with Gasteiger partial charge in [0.25, 0.3) is 5.56 Å². The van der Waals surface area contributed by atoms with Gasteiger partial charge in [0.05, 0.1) is 26.3 Å². The third kappa shape index (κ3) is 3.40. The number of aromatic amines is 1. The van der Waals surface area contributed by atoms with Crippen molar-refractivity contribution in [2.45, 2.75) is 20.4 Å². The molecule has 0 saturated carbocycles. The van der Waals surface area contributed by atoms with Crippen LogP contribution < -0.4 is 15.0 Å². The van der Waals surface area contributed by atoms with Gasteiger partial charge in [0, 0.05) is 24.2 Å². The van der Waals surface area contributed by atoms with E-state index in [4.69, 9.17) is 9.47 Å². The topological polar surface area (TPSA) is 82.0 Å². The molecular formula is C18H20N4O3. The lowest BCUT2D eigenvalue weighted by atomic mass is 10.1. The van der Waals surface area contributed by atoms with E-state index in [1.807, 2.05) is 29.8 Å². The van der Waals surface area contributed by atoms with Crippen LogP contribution in [0.4, 0.5) is 0 Å². The van der Waals surface area contributed by atoms with Gasteiger partial charge in [-0.3, -0.25) is 4.79 Å². The molecule has 0 saturated heterocycles. The summed E-state index contributed by atoms with van der Waals surface area (Å²) in [5, 5.41) is 0. The van der Waals surface area contributed by atoms with Crippen LogP contribution in [0.25, 0.3) is 11.4 Å². The van der Waals surface area contributed by atoms with E-state index in [9.17, 15) is 4.79 Å². The van der Waals surface area contributed by atoms with Gasteiger partial charge >= 0.3 is 0 Å². The van der Waals surface area contributed by atoms with E-state index >= 15 is 0 Å². The molecule has 25 heavy (non-hydrogen) atoms. The molecule has 0 fully saturated rings. The Morgan fingerprint density at radius 1 is 1.16 bits per heavy atom. The summed E-state index contributed by atoms with van der Waals surface area (Å²) in [5.74, 6) is 2.55. The molecule has 0 spiro atoms. The van der Waals surface area contributed by atoms with Crippen molar-refractivity contribution in [2.24, 2.45) is 0 Å². The van der Waals surface area contributed by atoms with Gasteiger partial charge in [-0.1, -0.05) is 0 Å². The molecule has 130 valence electrons. The maximum absolute atomic E-state index is 11.7. The number of rotatable bonds is 5. The van der Waals surface area contributed by atoms with E-state index in [0.29, 0.717) is 35.4 Å². The summed E-state index contributed by atoms with van der Waals surface area (Å²) in [6, 6.07) is 5.37. The Morgan fingerprint density at radius 3 is 2.64 bits per heavy atom. The number of nitrogens with zero attached hydrogens (tertiary/aromatic N) is 3. The first-order chi connectivity index (χ1) is 12.0. The molecule has 0 amide bonds. The summed E-state index contributed by atoms with van der Waals surface area (Å²) in [5.41, 5.74) is 2.36. The minimum Gasteiger partial charge on any atom is -0.493 e. The first-order valence-corrected chi connectivity index (χ1v) is 7.82. The lowest BCUT2D eigenvalue weighted by Crippen LogP contribution is -2.14. The van der Waals surface area contributed by atoms with Crippen molar-refractivity contribution in [1.29, 1.82) is 0 Å². The molecule has 3 aromatic rings. The number of hydrogen-bond acceptors (Lipinski definition) is 5. The maximum Gasteiger partial charge on any atom is 0.251 e. The molecule has 2 aromatic heterocycles. The van der Waals surface area contributed by atoms with Crippen molar-refractivity contribution in [1.82, 2.24) is 19.5 Å². The second-order valence-corrected chi connectivity index (χ2v) is 5.76. The second kappa shape index (κ2) is 6.80. The summed E-state index contributed by atoms with van der Waals surface area (Å²) in [4.78, 5) is 23.3. The van der Waals surface area contributed by atoms with Crippen LogP contribution in [0, 0.1) is 13.8 Å². The Kier molecular flexibility index (Phi) is 4.56. The molecule has 0 aliphatic carbocycles. The van der Waals surface area contributed by atoms with E-state index in [1.165, 1.54) is 6.07 Å². The van der Waals surface area contributed by atoms with Crippen LogP contribution in [-0.4, -0.2) is 33.7 Å². The van der Waals surface area contributed by atoms with Gasteiger partial charge < -0.3 is 19.0 Å². The van der Waals surface area contributed by atoms with Crippen molar-refractivity contribution in [3.05, 3.63) is 58.0 Å². The van der Waals surface area contributed by atoms with Gasteiger partial charge in [0.2, 0.25) is 0 Å². The zero-order chi connectivity index (χ0) is 18.0. The number of aryl methyl sites for hydroxylation is 2. The normalized spacial score (nSPS) is 10.7. The lowest BCUT2D eigenvalue weighted by Gasteiger charge is -2.15. The van der Waals surface area contributed by atoms with Crippen LogP contribution in [0.5, 0.6) is 11.5 Å². The third-order valence-corrected chi connectivity index (χ3v) is 3.82. The number of benzene rings is 1. The van der Waals surface area contributed by atoms with E-state index in [0.717, 1.165) is 11.1 Å². The highest BCUT2D eigenvalue weighted by atomic mass is 16.5. The Morgan fingerprint density at radius 2 is 1.96 bits per heavy atom. The third-order valence-electron chi connectivity index (χ3n) is 3.82. The summed E-state index contributed by atoms with van der Waals surface area (Å²) in [6.45, 7) is 4.17. The van der Waals surface area contributed by atoms with Gasteiger partial charge in [-0.05, 0) is 31.5 Å². The van der Waals surface area contributed by atoms with Gasteiger partial charge in [0.1, 0.15) is 11.6 Å². The van der Waals surface area contributed by atoms with Crippen molar-refractivity contribution >= 4 is 0 Å². The highest BCUT2D eigenvalue weighted by Crippen LogP contribution is 2.38. The van der Waals surface area contributed by atoms with Gasteiger partial charge in [-0.2, -0.15) is 0 Å². The molecule has 7 nitrogen and oxygen atoms in total. The second-order valence-electron chi connectivity index (χ2n) is 5.76. The Hall–Kier alpha value is -3.09. The lowest BCUT2D eigenvalue weighted by molar-refractivity contribution is 0.355. The van der Waals surface area contributed by atoms with Gasteiger partial charge in [-0.15, -0.1) is 0 Å². The summed E-state index contributed by atoms with van der Waals surface area (Å²) < 4.78 is 12.9. The molecule has 2 heterocycles. The minimum absolute atomic E-state index is 0.168. The van der Waals surface area contributed by atoms with E-state index in [1.54, 1.807) is 27.3 Å². The van der Waals surface area contributed by atoms with Crippen molar-refractivity contribution in [3.63, 3.8) is 0 Å². The Bertz CT molecular complexity index is 959. The number of ether oxygens (including phenoxy) is 2. The van der Waals surface area contributed by atoms with Crippen molar-refractivity contribution in [2.75, 3.05) is 14.2 Å². The average molecular weight is 340 g/mol. The fourth-order valence-electron chi connectivity index (χ4n) is 2.83. The number of hydrogen-bond donors (Lipinski definition) is 1. The first-order valence-electron chi connectivity index (χ1n) is 7.82. The molecule has 0 atom stereocenters. The van der Waals surface area contributed by atoms with Crippen molar-refractivity contribution in [3.8, 4) is 22.9 Å². The Balaban J connectivity index is 2.08. The SMILES string of the molecule is COc1cc(C)cc(-c2nccn2Cc2nc(C)cc(=O)[nH]2)c1OC. The molecule has 0 unspecified atom stereocenters. The summed E-state index contributed by atoms with van der Waals surface area (Å²) >= 11 is 0.